The molecule has 0 amide bonds. The van der Waals surface area contributed by atoms with Crippen LogP contribution in [0.15, 0.2) is 30.0 Å². The fourth-order valence-electron chi connectivity index (χ4n) is 2.27. The molecule has 0 aliphatic carbocycles. The Hall–Kier alpha value is -2.61. The molecule has 7 nitrogen and oxygen atoms in total. The summed E-state index contributed by atoms with van der Waals surface area (Å²) >= 11 is 0. The lowest BCUT2D eigenvalue weighted by molar-refractivity contribution is -0.138. The third kappa shape index (κ3) is 4.23. The molecular formula is C16H19FN2O5. The second-order valence-corrected chi connectivity index (χ2v) is 4.93. The van der Waals surface area contributed by atoms with Crippen LogP contribution in [-0.2, 0) is 23.8 Å². The van der Waals surface area contributed by atoms with Gasteiger partial charge in [0.2, 0.25) is 0 Å². The SMILES string of the molecule is COC(=O)/C=C(/Nc1c(F)cccc1N1CCOCC1)C(=O)OC. The van der Waals surface area contributed by atoms with Crippen LogP contribution in [0.25, 0.3) is 0 Å². The smallest absolute Gasteiger partial charge is 0.354 e. The van der Waals surface area contributed by atoms with Crippen LogP contribution in [0.4, 0.5) is 15.8 Å². The van der Waals surface area contributed by atoms with Gasteiger partial charge in [0, 0.05) is 13.1 Å². The topological polar surface area (TPSA) is 77.1 Å². The van der Waals surface area contributed by atoms with Crippen LogP contribution in [0.1, 0.15) is 0 Å². The van der Waals surface area contributed by atoms with Gasteiger partial charge >= 0.3 is 11.9 Å². The first-order valence-electron chi connectivity index (χ1n) is 7.33. The average molecular weight is 338 g/mol. The largest absolute Gasteiger partial charge is 0.466 e. The first-order chi connectivity index (χ1) is 11.6. The second-order valence-electron chi connectivity index (χ2n) is 4.93. The number of carbonyl (C=O) groups is 2. The first kappa shape index (κ1) is 17.7. The van der Waals surface area contributed by atoms with Crippen molar-refractivity contribution in [3.63, 3.8) is 0 Å². The van der Waals surface area contributed by atoms with Crippen molar-refractivity contribution in [2.75, 3.05) is 50.7 Å². The Balaban J connectivity index is 2.37. The summed E-state index contributed by atoms with van der Waals surface area (Å²) in [5.41, 5.74) is 0.432. The number of para-hydroxylation sites is 1. The number of rotatable bonds is 5. The molecule has 130 valence electrons. The normalized spacial score (nSPS) is 15.0. The molecule has 0 saturated carbocycles. The Labute approximate surface area is 139 Å². The molecule has 1 saturated heterocycles. The molecule has 0 atom stereocenters. The summed E-state index contributed by atoms with van der Waals surface area (Å²) in [5.74, 6) is -2.12. The summed E-state index contributed by atoms with van der Waals surface area (Å²) in [7, 11) is 2.34. The predicted octanol–water partition coefficient (Wildman–Crippen LogP) is 1.30. The minimum absolute atomic E-state index is 0.0833. The molecule has 1 N–H and O–H groups in total. The van der Waals surface area contributed by atoms with Gasteiger partial charge in [-0.05, 0) is 12.1 Å². The molecule has 1 heterocycles. The summed E-state index contributed by atoms with van der Waals surface area (Å²) < 4.78 is 28.8. The summed E-state index contributed by atoms with van der Waals surface area (Å²) in [6.07, 6.45) is 0.918. The Bertz CT molecular complexity index is 641. The molecule has 0 bridgehead atoms. The standard InChI is InChI=1S/C16H19FN2O5/c1-22-14(20)10-12(16(21)23-2)18-15-11(17)4-3-5-13(15)19-6-8-24-9-7-19/h3-5,10,18H,6-9H2,1-2H3/b12-10+. The minimum Gasteiger partial charge on any atom is -0.466 e. The monoisotopic (exact) mass is 338 g/mol. The molecular weight excluding hydrogens is 319 g/mol. The number of benzene rings is 1. The molecule has 8 heteroatoms. The van der Waals surface area contributed by atoms with Crippen molar-refractivity contribution < 1.29 is 28.2 Å². The van der Waals surface area contributed by atoms with E-state index in [0.29, 0.717) is 32.0 Å². The number of anilines is 2. The summed E-state index contributed by atoms with van der Waals surface area (Å²) in [6.45, 7) is 2.23. The molecule has 1 aromatic carbocycles. The zero-order chi connectivity index (χ0) is 17.5. The molecule has 0 radical (unpaired) electrons. The highest BCUT2D eigenvalue weighted by molar-refractivity contribution is 5.99. The lowest BCUT2D eigenvalue weighted by Crippen LogP contribution is -2.36. The molecule has 1 fully saturated rings. The number of carbonyl (C=O) groups excluding carboxylic acids is 2. The number of hydrogen-bond acceptors (Lipinski definition) is 7. The number of ether oxygens (including phenoxy) is 3. The summed E-state index contributed by atoms with van der Waals surface area (Å²) in [4.78, 5) is 25.2. The van der Waals surface area contributed by atoms with E-state index in [1.54, 1.807) is 12.1 Å². The highest BCUT2D eigenvalue weighted by Crippen LogP contribution is 2.30. The van der Waals surface area contributed by atoms with Gasteiger partial charge in [-0.25, -0.2) is 14.0 Å². The maximum atomic E-state index is 14.3. The molecule has 1 aliphatic heterocycles. The van der Waals surface area contributed by atoms with Gasteiger partial charge in [-0.2, -0.15) is 0 Å². The van der Waals surface area contributed by atoms with Crippen molar-refractivity contribution in [2.45, 2.75) is 0 Å². The summed E-state index contributed by atoms with van der Waals surface area (Å²) in [5, 5.41) is 2.66. The van der Waals surface area contributed by atoms with Gasteiger partial charge in [0.25, 0.3) is 0 Å². The van der Waals surface area contributed by atoms with Crippen LogP contribution < -0.4 is 10.2 Å². The highest BCUT2D eigenvalue weighted by atomic mass is 19.1. The lowest BCUT2D eigenvalue weighted by Gasteiger charge is -2.30. The number of nitrogens with one attached hydrogen (secondary N) is 1. The van der Waals surface area contributed by atoms with Crippen LogP contribution >= 0.6 is 0 Å². The average Bonchev–Trinajstić information content (AvgIpc) is 2.62. The number of morpholine rings is 1. The Morgan fingerprint density at radius 2 is 1.96 bits per heavy atom. The van der Waals surface area contributed by atoms with E-state index in [4.69, 9.17) is 4.74 Å². The Morgan fingerprint density at radius 1 is 1.25 bits per heavy atom. The van der Waals surface area contributed by atoms with Gasteiger partial charge in [0.15, 0.2) is 0 Å². The molecule has 24 heavy (non-hydrogen) atoms. The van der Waals surface area contributed by atoms with E-state index >= 15 is 0 Å². The van der Waals surface area contributed by atoms with E-state index in [2.05, 4.69) is 14.8 Å². The number of halogens is 1. The summed E-state index contributed by atoms with van der Waals surface area (Å²) in [6, 6.07) is 4.57. The van der Waals surface area contributed by atoms with Crippen LogP contribution in [0.5, 0.6) is 0 Å². The zero-order valence-corrected chi connectivity index (χ0v) is 13.5. The van der Waals surface area contributed by atoms with Crippen molar-refractivity contribution >= 4 is 23.3 Å². The number of nitrogens with zero attached hydrogens (tertiary/aromatic N) is 1. The van der Waals surface area contributed by atoms with Gasteiger partial charge < -0.3 is 24.4 Å². The van der Waals surface area contributed by atoms with E-state index in [-0.39, 0.29) is 11.4 Å². The predicted molar refractivity (Wildman–Crippen MR) is 85.2 cm³/mol. The molecule has 0 spiro atoms. The van der Waals surface area contributed by atoms with Crippen molar-refractivity contribution in [3.8, 4) is 0 Å². The van der Waals surface area contributed by atoms with E-state index in [1.807, 2.05) is 4.90 Å². The molecule has 2 rings (SSSR count). The van der Waals surface area contributed by atoms with Gasteiger partial charge in [-0.1, -0.05) is 6.07 Å². The van der Waals surface area contributed by atoms with Crippen LogP contribution in [-0.4, -0.2) is 52.5 Å². The van der Waals surface area contributed by atoms with E-state index < -0.39 is 17.8 Å². The third-order valence-corrected chi connectivity index (χ3v) is 3.47. The van der Waals surface area contributed by atoms with Crippen molar-refractivity contribution in [1.82, 2.24) is 0 Å². The third-order valence-electron chi connectivity index (χ3n) is 3.47. The minimum atomic E-state index is -0.809. The van der Waals surface area contributed by atoms with Crippen molar-refractivity contribution in [2.24, 2.45) is 0 Å². The van der Waals surface area contributed by atoms with Gasteiger partial charge in [0.1, 0.15) is 11.5 Å². The van der Waals surface area contributed by atoms with Crippen LogP contribution in [0.2, 0.25) is 0 Å². The molecule has 1 aromatic rings. The molecule has 0 aromatic heterocycles. The number of esters is 2. The van der Waals surface area contributed by atoms with E-state index in [1.165, 1.54) is 20.3 Å². The zero-order valence-electron chi connectivity index (χ0n) is 13.5. The number of methoxy groups -OCH3 is 2. The van der Waals surface area contributed by atoms with Crippen molar-refractivity contribution in [1.29, 1.82) is 0 Å². The Morgan fingerprint density at radius 3 is 2.58 bits per heavy atom. The fraction of sp³-hybridized carbons (Fsp3) is 0.375. The van der Waals surface area contributed by atoms with Crippen LogP contribution in [0.3, 0.4) is 0 Å². The van der Waals surface area contributed by atoms with Gasteiger partial charge in [-0.15, -0.1) is 0 Å². The molecule has 0 unspecified atom stereocenters. The number of hydrogen-bond donors (Lipinski definition) is 1. The van der Waals surface area contributed by atoms with Gasteiger partial charge in [-0.3, -0.25) is 0 Å². The van der Waals surface area contributed by atoms with Crippen LogP contribution in [0, 0.1) is 5.82 Å². The maximum absolute atomic E-state index is 14.3. The fourth-order valence-corrected chi connectivity index (χ4v) is 2.27. The van der Waals surface area contributed by atoms with E-state index in [0.717, 1.165) is 6.08 Å². The molecule has 1 aliphatic rings. The quantitative estimate of drug-likeness (QED) is 0.640. The Kier molecular flexibility index (Phi) is 6.14. The lowest BCUT2D eigenvalue weighted by atomic mass is 10.2. The first-order valence-corrected chi connectivity index (χ1v) is 7.33. The highest BCUT2D eigenvalue weighted by Gasteiger charge is 2.21. The van der Waals surface area contributed by atoms with E-state index in [9.17, 15) is 14.0 Å². The van der Waals surface area contributed by atoms with Gasteiger partial charge in [0.05, 0.1) is 44.9 Å². The second kappa shape index (κ2) is 8.30. The maximum Gasteiger partial charge on any atom is 0.354 e. The van der Waals surface area contributed by atoms with Crippen molar-refractivity contribution in [3.05, 3.63) is 35.8 Å².